The molecule has 25 heavy (non-hydrogen) atoms. The summed E-state index contributed by atoms with van der Waals surface area (Å²) in [5, 5.41) is 9.06. The molecule has 1 aliphatic heterocycles. The number of ether oxygens (including phenoxy) is 1. The van der Waals surface area contributed by atoms with Crippen molar-refractivity contribution in [1.82, 2.24) is 10.6 Å². The molecule has 1 aliphatic carbocycles. The highest BCUT2D eigenvalue weighted by molar-refractivity contribution is 6.00. The zero-order valence-corrected chi connectivity index (χ0v) is 14.6. The Labute approximate surface area is 148 Å². The fourth-order valence-electron chi connectivity index (χ4n) is 3.47. The smallest absolute Gasteiger partial charge is 0.253 e. The summed E-state index contributed by atoms with van der Waals surface area (Å²) in [6.07, 6.45) is 6.65. The maximum atomic E-state index is 12.4. The second-order valence-electron chi connectivity index (χ2n) is 6.79. The van der Waals surface area contributed by atoms with Gasteiger partial charge in [-0.25, -0.2) is 0 Å². The minimum absolute atomic E-state index is 0.0264. The van der Waals surface area contributed by atoms with Crippen LogP contribution in [-0.4, -0.2) is 43.7 Å². The first-order valence-corrected chi connectivity index (χ1v) is 9.24. The van der Waals surface area contributed by atoms with Crippen molar-refractivity contribution in [1.29, 1.82) is 0 Å². The van der Waals surface area contributed by atoms with Gasteiger partial charge in [-0.15, -0.1) is 0 Å². The highest BCUT2D eigenvalue weighted by Crippen LogP contribution is 2.18. The van der Waals surface area contributed by atoms with Crippen molar-refractivity contribution in [3.05, 3.63) is 29.8 Å². The summed E-state index contributed by atoms with van der Waals surface area (Å²) in [5.41, 5.74) is 1.23. The summed E-state index contributed by atoms with van der Waals surface area (Å²) in [6, 6.07) is 7.57. The lowest BCUT2D eigenvalue weighted by Gasteiger charge is -2.15. The van der Waals surface area contributed by atoms with Gasteiger partial charge >= 0.3 is 0 Å². The summed E-state index contributed by atoms with van der Waals surface area (Å²) in [7, 11) is 0. The number of rotatable bonds is 7. The van der Waals surface area contributed by atoms with E-state index >= 15 is 0 Å². The molecule has 1 aromatic carbocycles. The van der Waals surface area contributed by atoms with Crippen LogP contribution in [0.1, 0.15) is 48.9 Å². The molecule has 6 nitrogen and oxygen atoms in total. The van der Waals surface area contributed by atoms with Gasteiger partial charge in [-0.2, -0.15) is 0 Å². The Morgan fingerprint density at radius 3 is 2.64 bits per heavy atom. The number of carbonyl (C=O) groups is 2. The maximum absolute atomic E-state index is 12.4. The van der Waals surface area contributed by atoms with E-state index in [0.717, 1.165) is 32.3 Å². The van der Waals surface area contributed by atoms with Gasteiger partial charge < -0.3 is 20.7 Å². The lowest BCUT2D eigenvalue weighted by atomic mass is 10.1. The Bertz CT molecular complexity index is 593. The number of nitrogens with one attached hydrogen (secondary N) is 3. The van der Waals surface area contributed by atoms with Gasteiger partial charge in [0.25, 0.3) is 5.91 Å². The number of benzene rings is 1. The third-order valence-corrected chi connectivity index (χ3v) is 4.85. The van der Waals surface area contributed by atoms with Crippen molar-refractivity contribution in [3.63, 3.8) is 0 Å². The van der Waals surface area contributed by atoms with Gasteiger partial charge in [-0.05, 0) is 37.8 Å². The van der Waals surface area contributed by atoms with Crippen LogP contribution < -0.4 is 16.0 Å². The highest BCUT2D eigenvalue weighted by atomic mass is 16.5. The average Bonchev–Trinajstić information content (AvgIpc) is 3.32. The quantitative estimate of drug-likeness (QED) is 0.707. The van der Waals surface area contributed by atoms with Gasteiger partial charge in [0.15, 0.2) is 0 Å². The van der Waals surface area contributed by atoms with Crippen LogP contribution in [0, 0.1) is 0 Å². The fourth-order valence-corrected chi connectivity index (χ4v) is 3.47. The molecule has 6 heteroatoms. The largest absolute Gasteiger partial charge is 0.376 e. The van der Waals surface area contributed by atoms with Crippen LogP contribution in [0.4, 0.5) is 5.69 Å². The molecule has 136 valence electrons. The zero-order chi connectivity index (χ0) is 17.5. The van der Waals surface area contributed by atoms with E-state index in [0.29, 0.717) is 23.8 Å². The molecule has 2 aliphatic rings. The van der Waals surface area contributed by atoms with E-state index in [1.165, 1.54) is 12.8 Å². The monoisotopic (exact) mass is 345 g/mol. The molecule has 0 aromatic heterocycles. The molecule has 0 bridgehead atoms. The Morgan fingerprint density at radius 2 is 1.88 bits per heavy atom. The van der Waals surface area contributed by atoms with Crippen molar-refractivity contribution in [2.75, 3.05) is 25.0 Å². The molecule has 1 aromatic rings. The average molecular weight is 345 g/mol. The second-order valence-corrected chi connectivity index (χ2v) is 6.79. The molecule has 1 saturated carbocycles. The molecule has 1 saturated heterocycles. The summed E-state index contributed by atoms with van der Waals surface area (Å²) >= 11 is 0. The van der Waals surface area contributed by atoms with E-state index in [1.54, 1.807) is 6.07 Å². The summed E-state index contributed by atoms with van der Waals surface area (Å²) < 4.78 is 5.53. The molecule has 1 atom stereocenters. The number of anilines is 1. The first-order valence-electron chi connectivity index (χ1n) is 9.24. The molecular formula is C19H27N3O3. The molecule has 2 amide bonds. The highest BCUT2D eigenvalue weighted by Gasteiger charge is 2.19. The number of para-hydroxylation sites is 1. The molecule has 0 radical (unpaired) electrons. The van der Waals surface area contributed by atoms with E-state index in [9.17, 15) is 9.59 Å². The molecule has 3 N–H and O–H groups in total. The molecule has 0 spiro atoms. The lowest BCUT2D eigenvalue weighted by molar-refractivity contribution is -0.120. The molecule has 1 unspecified atom stereocenters. The Morgan fingerprint density at radius 1 is 1.08 bits per heavy atom. The van der Waals surface area contributed by atoms with Crippen LogP contribution in [0.25, 0.3) is 0 Å². The lowest BCUT2D eigenvalue weighted by Crippen LogP contribution is -2.37. The van der Waals surface area contributed by atoms with Crippen LogP contribution >= 0.6 is 0 Å². The maximum Gasteiger partial charge on any atom is 0.253 e. The van der Waals surface area contributed by atoms with Gasteiger partial charge in [-0.3, -0.25) is 9.59 Å². The molecule has 3 rings (SSSR count). The predicted octanol–water partition coefficient (Wildman–Crippen LogP) is 2.07. The topological polar surface area (TPSA) is 79.5 Å². The van der Waals surface area contributed by atoms with Gasteiger partial charge in [0.1, 0.15) is 0 Å². The van der Waals surface area contributed by atoms with Crippen molar-refractivity contribution in [2.24, 2.45) is 0 Å². The predicted molar refractivity (Wildman–Crippen MR) is 96.6 cm³/mol. The van der Waals surface area contributed by atoms with Crippen molar-refractivity contribution in [3.8, 4) is 0 Å². The van der Waals surface area contributed by atoms with Gasteiger partial charge in [0, 0.05) is 24.9 Å². The Balaban J connectivity index is 1.50. The van der Waals surface area contributed by atoms with Crippen molar-refractivity contribution >= 4 is 17.5 Å². The summed E-state index contributed by atoms with van der Waals surface area (Å²) in [4.78, 5) is 24.5. The van der Waals surface area contributed by atoms with E-state index < -0.39 is 0 Å². The fraction of sp³-hybridized carbons (Fsp3) is 0.579. The normalized spacial score (nSPS) is 20.4. The van der Waals surface area contributed by atoms with Gasteiger partial charge in [-0.1, -0.05) is 25.0 Å². The van der Waals surface area contributed by atoms with Crippen LogP contribution in [0.15, 0.2) is 24.3 Å². The van der Waals surface area contributed by atoms with E-state index in [4.69, 9.17) is 4.74 Å². The summed E-state index contributed by atoms with van der Waals surface area (Å²) in [6.45, 7) is 1.47. The number of hydrogen-bond acceptors (Lipinski definition) is 4. The molecule has 1 heterocycles. The zero-order valence-electron chi connectivity index (χ0n) is 14.6. The number of hydrogen-bond donors (Lipinski definition) is 3. The number of amides is 2. The van der Waals surface area contributed by atoms with Crippen LogP contribution in [0.3, 0.4) is 0 Å². The third-order valence-electron chi connectivity index (χ3n) is 4.85. The minimum Gasteiger partial charge on any atom is -0.376 e. The van der Waals surface area contributed by atoms with E-state index in [2.05, 4.69) is 16.0 Å². The standard InChI is InChI=1S/C19H27N3O3/c23-18(22-14-6-1-2-7-14)13-20-17-10-4-3-9-16(17)19(24)21-12-15-8-5-11-25-15/h3-4,9-10,14-15,20H,1-2,5-8,11-13H2,(H,21,24)(H,22,23). The Kier molecular flexibility index (Phi) is 6.28. The molecular weight excluding hydrogens is 318 g/mol. The molecule has 2 fully saturated rings. The van der Waals surface area contributed by atoms with Crippen LogP contribution in [0.5, 0.6) is 0 Å². The number of carbonyl (C=O) groups excluding carboxylic acids is 2. The van der Waals surface area contributed by atoms with E-state index in [1.807, 2.05) is 18.2 Å². The SMILES string of the molecule is O=C(CNc1ccccc1C(=O)NCC1CCCO1)NC1CCCC1. The second kappa shape index (κ2) is 8.85. The van der Waals surface area contributed by atoms with Gasteiger partial charge in [0.05, 0.1) is 18.2 Å². The third kappa shape index (κ3) is 5.19. The summed E-state index contributed by atoms with van der Waals surface area (Å²) in [5.74, 6) is -0.170. The first kappa shape index (κ1) is 17.7. The van der Waals surface area contributed by atoms with Crippen molar-refractivity contribution in [2.45, 2.75) is 50.7 Å². The van der Waals surface area contributed by atoms with E-state index in [-0.39, 0.29) is 24.5 Å². The minimum atomic E-state index is -0.144. The van der Waals surface area contributed by atoms with Gasteiger partial charge in [0.2, 0.25) is 5.91 Å². The van der Waals surface area contributed by atoms with Crippen LogP contribution in [0.2, 0.25) is 0 Å². The Hall–Kier alpha value is -2.08. The first-order chi connectivity index (χ1) is 12.2. The van der Waals surface area contributed by atoms with Crippen LogP contribution in [-0.2, 0) is 9.53 Å². The van der Waals surface area contributed by atoms with Crippen molar-refractivity contribution < 1.29 is 14.3 Å².